The summed E-state index contributed by atoms with van der Waals surface area (Å²) in [6, 6.07) is 8.12. The van der Waals surface area contributed by atoms with Crippen LogP contribution < -0.4 is 5.73 Å². The Bertz CT molecular complexity index is 650. The zero-order valence-corrected chi connectivity index (χ0v) is 12.2. The second-order valence-corrected chi connectivity index (χ2v) is 5.73. The molecule has 0 bridgehead atoms. The standard InChI is InChI=1S/C16H20N4O/c1-20(12-8-6-11(17)7-9-12)16(21)15-10-18-13-4-2-3-5-14(13)19-15/h2-5,10-12H,6-9,17H2,1H3. The summed E-state index contributed by atoms with van der Waals surface area (Å²) in [5, 5.41) is 0. The van der Waals surface area contributed by atoms with Crippen LogP contribution in [0.2, 0.25) is 0 Å². The number of para-hydroxylation sites is 2. The zero-order chi connectivity index (χ0) is 14.8. The lowest BCUT2D eigenvalue weighted by Gasteiger charge is -2.33. The fraction of sp³-hybridized carbons (Fsp3) is 0.438. The number of aromatic nitrogens is 2. The minimum atomic E-state index is -0.0614. The van der Waals surface area contributed by atoms with Crippen LogP contribution in [-0.2, 0) is 0 Å². The summed E-state index contributed by atoms with van der Waals surface area (Å²) in [5.74, 6) is -0.0614. The van der Waals surface area contributed by atoms with Crippen LogP contribution in [-0.4, -0.2) is 39.9 Å². The monoisotopic (exact) mass is 284 g/mol. The number of benzene rings is 1. The van der Waals surface area contributed by atoms with Crippen molar-refractivity contribution in [2.24, 2.45) is 5.73 Å². The van der Waals surface area contributed by atoms with Gasteiger partial charge < -0.3 is 10.6 Å². The van der Waals surface area contributed by atoms with Gasteiger partial charge in [-0.3, -0.25) is 9.78 Å². The fourth-order valence-corrected chi connectivity index (χ4v) is 2.90. The van der Waals surface area contributed by atoms with Crippen molar-refractivity contribution in [3.05, 3.63) is 36.2 Å². The highest BCUT2D eigenvalue weighted by Gasteiger charge is 2.26. The Kier molecular flexibility index (Phi) is 3.84. The first-order valence-electron chi connectivity index (χ1n) is 7.39. The molecule has 2 aromatic rings. The van der Waals surface area contributed by atoms with Crippen LogP contribution in [0.4, 0.5) is 0 Å². The Hall–Kier alpha value is -2.01. The smallest absolute Gasteiger partial charge is 0.274 e. The summed E-state index contributed by atoms with van der Waals surface area (Å²) in [6.07, 6.45) is 5.45. The van der Waals surface area contributed by atoms with Crippen LogP contribution in [0.3, 0.4) is 0 Å². The first-order valence-corrected chi connectivity index (χ1v) is 7.39. The SMILES string of the molecule is CN(C(=O)c1cnc2ccccc2n1)C1CCC(N)CC1. The maximum Gasteiger partial charge on any atom is 0.274 e. The zero-order valence-electron chi connectivity index (χ0n) is 12.2. The molecule has 3 rings (SSSR count). The number of nitrogens with zero attached hydrogens (tertiary/aromatic N) is 3. The van der Waals surface area contributed by atoms with Crippen molar-refractivity contribution in [2.75, 3.05) is 7.05 Å². The number of carbonyl (C=O) groups excluding carboxylic acids is 1. The molecule has 0 spiro atoms. The van der Waals surface area contributed by atoms with Crippen molar-refractivity contribution >= 4 is 16.9 Å². The molecule has 1 amide bonds. The average Bonchev–Trinajstić information content (AvgIpc) is 2.54. The quantitative estimate of drug-likeness (QED) is 0.915. The predicted octanol–water partition coefficient (Wildman–Crippen LogP) is 1.97. The number of nitrogens with two attached hydrogens (primary N) is 1. The first-order chi connectivity index (χ1) is 10.1. The number of carbonyl (C=O) groups is 1. The fourth-order valence-electron chi connectivity index (χ4n) is 2.90. The summed E-state index contributed by atoms with van der Waals surface area (Å²) in [5.41, 5.74) is 7.89. The van der Waals surface area contributed by atoms with E-state index in [9.17, 15) is 4.79 Å². The van der Waals surface area contributed by atoms with Gasteiger partial charge in [0.2, 0.25) is 0 Å². The van der Waals surface area contributed by atoms with E-state index in [0.29, 0.717) is 5.69 Å². The minimum Gasteiger partial charge on any atom is -0.337 e. The molecule has 1 aliphatic rings. The molecule has 1 heterocycles. The van der Waals surface area contributed by atoms with E-state index in [-0.39, 0.29) is 18.0 Å². The van der Waals surface area contributed by atoms with Gasteiger partial charge in [-0.25, -0.2) is 4.98 Å². The summed E-state index contributed by atoms with van der Waals surface area (Å²) < 4.78 is 0. The molecule has 0 radical (unpaired) electrons. The molecule has 1 aromatic heterocycles. The van der Waals surface area contributed by atoms with Crippen molar-refractivity contribution in [3.63, 3.8) is 0 Å². The van der Waals surface area contributed by atoms with Crippen molar-refractivity contribution in [1.29, 1.82) is 0 Å². The van der Waals surface area contributed by atoms with Gasteiger partial charge in [0, 0.05) is 19.1 Å². The molecule has 1 saturated carbocycles. The van der Waals surface area contributed by atoms with Crippen LogP contribution in [0, 0.1) is 0 Å². The second kappa shape index (κ2) is 5.77. The lowest BCUT2D eigenvalue weighted by Crippen LogP contribution is -2.42. The van der Waals surface area contributed by atoms with Gasteiger partial charge in [0.25, 0.3) is 5.91 Å². The highest BCUT2D eigenvalue weighted by Crippen LogP contribution is 2.22. The van der Waals surface area contributed by atoms with E-state index in [1.807, 2.05) is 31.3 Å². The van der Waals surface area contributed by atoms with Crippen LogP contribution in [0.25, 0.3) is 11.0 Å². The van der Waals surface area contributed by atoms with Gasteiger partial charge in [0.1, 0.15) is 5.69 Å². The largest absolute Gasteiger partial charge is 0.337 e. The first kappa shape index (κ1) is 13.9. The topological polar surface area (TPSA) is 72.1 Å². The van der Waals surface area contributed by atoms with E-state index < -0.39 is 0 Å². The van der Waals surface area contributed by atoms with Gasteiger partial charge >= 0.3 is 0 Å². The highest BCUT2D eigenvalue weighted by atomic mass is 16.2. The molecule has 1 aliphatic carbocycles. The average molecular weight is 284 g/mol. The number of rotatable bonds is 2. The Balaban J connectivity index is 1.79. The van der Waals surface area contributed by atoms with Crippen molar-refractivity contribution < 1.29 is 4.79 Å². The minimum absolute atomic E-state index is 0.0614. The lowest BCUT2D eigenvalue weighted by molar-refractivity contribution is 0.0684. The van der Waals surface area contributed by atoms with E-state index >= 15 is 0 Å². The molecule has 1 fully saturated rings. The Morgan fingerprint density at radius 2 is 1.86 bits per heavy atom. The van der Waals surface area contributed by atoms with Gasteiger partial charge in [0.05, 0.1) is 17.2 Å². The van der Waals surface area contributed by atoms with E-state index in [4.69, 9.17) is 5.73 Å². The molecule has 5 heteroatoms. The van der Waals surface area contributed by atoms with Gasteiger partial charge in [-0.2, -0.15) is 0 Å². The van der Waals surface area contributed by atoms with Crippen molar-refractivity contribution in [2.45, 2.75) is 37.8 Å². The highest BCUT2D eigenvalue weighted by molar-refractivity contribution is 5.93. The normalized spacial score (nSPS) is 22.2. The van der Waals surface area contributed by atoms with Crippen LogP contribution >= 0.6 is 0 Å². The third-order valence-corrected chi connectivity index (χ3v) is 4.28. The third kappa shape index (κ3) is 2.88. The van der Waals surface area contributed by atoms with E-state index in [0.717, 1.165) is 36.7 Å². The third-order valence-electron chi connectivity index (χ3n) is 4.28. The number of fused-ring (bicyclic) bond motifs is 1. The van der Waals surface area contributed by atoms with E-state index in [1.54, 1.807) is 11.1 Å². The molecular weight excluding hydrogens is 264 g/mol. The van der Waals surface area contributed by atoms with Crippen LogP contribution in [0.5, 0.6) is 0 Å². The summed E-state index contributed by atoms with van der Waals surface area (Å²) in [4.78, 5) is 23.1. The maximum absolute atomic E-state index is 12.6. The molecule has 110 valence electrons. The van der Waals surface area contributed by atoms with E-state index in [2.05, 4.69) is 9.97 Å². The number of amides is 1. The van der Waals surface area contributed by atoms with Crippen LogP contribution in [0.1, 0.15) is 36.2 Å². The van der Waals surface area contributed by atoms with Gasteiger partial charge in [0.15, 0.2) is 0 Å². The van der Waals surface area contributed by atoms with E-state index in [1.165, 1.54) is 0 Å². The number of hydrogen-bond donors (Lipinski definition) is 1. The van der Waals surface area contributed by atoms with Crippen LogP contribution in [0.15, 0.2) is 30.5 Å². The molecule has 2 N–H and O–H groups in total. The summed E-state index contributed by atoms with van der Waals surface area (Å²) in [7, 11) is 1.85. The summed E-state index contributed by atoms with van der Waals surface area (Å²) >= 11 is 0. The van der Waals surface area contributed by atoms with Crippen molar-refractivity contribution in [3.8, 4) is 0 Å². The molecule has 0 unspecified atom stereocenters. The van der Waals surface area contributed by atoms with Gasteiger partial charge in [-0.05, 0) is 37.8 Å². The second-order valence-electron chi connectivity index (χ2n) is 5.73. The Morgan fingerprint density at radius 1 is 1.19 bits per heavy atom. The summed E-state index contributed by atoms with van der Waals surface area (Å²) in [6.45, 7) is 0. The Morgan fingerprint density at radius 3 is 2.57 bits per heavy atom. The predicted molar refractivity (Wildman–Crippen MR) is 81.9 cm³/mol. The molecular formula is C16H20N4O. The molecule has 0 saturated heterocycles. The molecule has 1 aromatic carbocycles. The molecule has 0 aliphatic heterocycles. The molecule has 0 atom stereocenters. The van der Waals surface area contributed by atoms with Gasteiger partial charge in [-0.1, -0.05) is 12.1 Å². The molecule has 5 nitrogen and oxygen atoms in total. The van der Waals surface area contributed by atoms with Crippen molar-refractivity contribution in [1.82, 2.24) is 14.9 Å². The Labute approximate surface area is 124 Å². The van der Waals surface area contributed by atoms with Gasteiger partial charge in [-0.15, -0.1) is 0 Å². The maximum atomic E-state index is 12.6. The molecule has 21 heavy (non-hydrogen) atoms. The lowest BCUT2D eigenvalue weighted by atomic mass is 9.91. The number of hydrogen-bond acceptors (Lipinski definition) is 4.